The van der Waals surface area contributed by atoms with Gasteiger partial charge in [-0.1, -0.05) is 5.16 Å². The first kappa shape index (κ1) is 14.0. The molecule has 1 aromatic carbocycles. The Kier molecular flexibility index (Phi) is 4.89. The minimum atomic E-state index is 0.121. The van der Waals surface area contributed by atoms with Crippen LogP contribution in [0.3, 0.4) is 0 Å². The van der Waals surface area contributed by atoms with Crippen LogP contribution in [0.2, 0.25) is 0 Å². The fourth-order valence-electron chi connectivity index (χ4n) is 2.10. The molecule has 19 heavy (non-hydrogen) atoms. The van der Waals surface area contributed by atoms with Crippen molar-refractivity contribution in [3.8, 4) is 0 Å². The minimum Gasteiger partial charge on any atom is -0.409 e. The molecule has 2 rings (SSSR count). The predicted octanol–water partition coefficient (Wildman–Crippen LogP) is 1.84. The van der Waals surface area contributed by atoms with Gasteiger partial charge in [0.1, 0.15) is 5.84 Å². The summed E-state index contributed by atoms with van der Waals surface area (Å²) >= 11 is 1.17. The molecule has 0 spiro atoms. The molecular formula is C12H17N3O3S. The Morgan fingerprint density at radius 2 is 2.21 bits per heavy atom. The number of rotatable bonds is 5. The molecule has 1 heterocycles. The van der Waals surface area contributed by atoms with Gasteiger partial charge in [-0.05, 0) is 30.7 Å². The van der Waals surface area contributed by atoms with Gasteiger partial charge in [-0.3, -0.25) is 0 Å². The van der Waals surface area contributed by atoms with Crippen LogP contribution in [0.15, 0.2) is 34.3 Å². The summed E-state index contributed by atoms with van der Waals surface area (Å²) in [6.07, 6.45) is 0.902. The number of nitrogens with two attached hydrogens (primary N) is 1. The van der Waals surface area contributed by atoms with Crippen molar-refractivity contribution < 1.29 is 14.4 Å². The Morgan fingerprint density at radius 1 is 1.47 bits per heavy atom. The summed E-state index contributed by atoms with van der Waals surface area (Å²) in [6, 6.07) is 7.98. The zero-order chi connectivity index (χ0) is 13.7. The van der Waals surface area contributed by atoms with E-state index in [0.717, 1.165) is 30.1 Å². The average Bonchev–Trinajstić information content (AvgIpc) is 2.94. The van der Waals surface area contributed by atoms with Crippen molar-refractivity contribution in [1.29, 1.82) is 0 Å². The largest absolute Gasteiger partial charge is 0.409 e. The van der Waals surface area contributed by atoms with Crippen molar-refractivity contribution in [3.63, 3.8) is 0 Å². The normalized spacial score (nSPS) is 19.9. The van der Waals surface area contributed by atoms with Crippen LogP contribution in [0.5, 0.6) is 0 Å². The molecule has 1 aliphatic rings. The number of nitrogens with zero attached hydrogens (tertiary/aromatic N) is 2. The molecule has 1 aliphatic heterocycles. The highest BCUT2D eigenvalue weighted by atomic mass is 32.2. The molecule has 0 aromatic heterocycles. The monoisotopic (exact) mass is 283 g/mol. The Morgan fingerprint density at radius 3 is 2.84 bits per heavy atom. The van der Waals surface area contributed by atoms with Crippen molar-refractivity contribution in [2.24, 2.45) is 16.8 Å². The first-order valence-corrected chi connectivity index (χ1v) is 6.68. The summed E-state index contributed by atoms with van der Waals surface area (Å²) in [7, 11) is 1.47. The summed E-state index contributed by atoms with van der Waals surface area (Å²) in [4.78, 5) is 7.72. The van der Waals surface area contributed by atoms with Gasteiger partial charge < -0.3 is 15.8 Å². The fraction of sp³-hybridized carbons (Fsp3) is 0.417. The second kappa shape index (κ2) is 6.65. The van der Waals surface area contributed by atoms with E-state index in [1.165, 1.54) is 19.2 Å². The molecule has 0 radical (unpaired) electrons. The van der Waals surface area contributed by atoms with Gasteiger partial charge in [0.2, 0.25) is 0 Å². The van der Waals surface area contributed by atoms with Crippen LogP contribution in [-0.4, -0.2) is 31.2 Å². The molecular weight excluding hydrogens is 266 g/mol. The van der Waals surface area contributed by atoms with Crippen LogP contribution in [0.1, 0.15) is 6.42 Å². The molecule has 0 saturated carbocycles. The molecule has 1 atom stereocenters. The lowest BCUT2D eigenvalue weighted by atomic mass is 10.1. The van der Waals surface area contributed by atoms with Gasteiger partial charge in [0.15, 0.2) is 0 Å². The van der Waals surface area contributed by atoms with Gasteiger partial charge in [-0.2, -0.15) is 4.33 Å². The Labute approximate surface area is 116 Å². The molecule has 0 bridgehead atoms. The Balaban J connectivity index is 1.96. The summed E-state index contributed by atoms with van der Waals surface area (Å²) < 4.78 is 4.79. The highest BCUT2D eigenvalue weighted by Gasteiger charge is 2.25. The SMILES string of the molecule is COOSc1ccc(N2CCC(C(N)=NO)C2)cc1. The van der Waals surface area contributed by atoms with Crippen molar-refractivity contribution >= 4 is 23.6 Å². The van der Waals surface area contributed by atoms with Crippen LogP contribution in [0.25, 0.3) is 0 Å². The third kappa shape index (κ3) is 3.52. The number of amidine groups is 1. The highest BCUT2D eigenvalue weighted by Crippen LogP contribution is 2.27. The van der Waals surface area contributed by atoms with E-state index in [1.807, 2.05) is 24.3 Å². The molecule has 1 aromatic rings. The Bertz CT molecular complexity index is 438. The van der Waals surface area contributed by atoms with E-state index in [-0.39, 0.29) is 5.92 Å². The zero-order valence-corrected chi connectivity index (χ0v) is 11.5. The van der Waals surface area contributed by atoms with E-state index >= 15 is 0 Å². The van der Waals surface area contributed by atoms with E-state index in [2.05, 4.69) is 14.9 Å². The number of benzene rings is 1. The lowest BCUT2D eigenvalue weighted by Gasteiger charge is -2.18. The summed E-state index contributed by atoms with van der Waals surface area (Å²) in [6.45, 7) is 1.68. The lowest BCUT2D eigenvalue weighted by Crippen LogP contribution is -2.27. The molecule has 6 nitrogen and oxygen atoms in total. The fourth-order valence-corrected chi connectivity index (χ4v) is 2.50. The maximum Gasteiger partial charge on any atom is 0.144 e. The number of hydrogen-bond donors (Lipinski definition) is 2. The van der Waals surface area contributed by atoms with E-state index in [9.17, 15) is 0 Å². The van der Waals surface area contributed by atoms with Crippen molar-refractivity contribution in [3.05, 3.63) is 24.3 Å². The van der Waals surface area contributed by atoms with E-state index < -0.39 is 0 Å². The van der Waals surface area contributed by atoms with Gasteiger partial charge >= 0.3 is 0 Å². The lowest BCUT2D eigenvalue weighted by molar-refractivity contribution is -0.160. The third-order valence-electron chi connectivity index (χ3n) is 3.12. The molecule has 104 valence electrons. The van der Waals surface area contributed by atoms with Gasteiger partial charge in [0.25, 0.3) is 0 Å². The van der Waals surface area contributed by atoms with Crippen LogP contribution < -0.4 is 10.6 Å². The standard InChI is InChI=1S/C12H17N3O3S/c1-17-18-19-11-4-2-10(3-5-11)15-7-6-9(8-15)12(13)14-16/h2-5,9,16H,6-8H2,1H3,(H2,13,14). The van der Waals surface area contributed by atoms with Gasteiger partial charge in [-0.25, -0.2) is 4.89 Å². The van der Waals surface area contributed by atoms with Crippen molar-refractivity contribution in [2.75, 3.05) is 25.1 Å². The number of oxime groups is 1. The quantitative estimate of drug-likeness (QED) is 0.214. The summed E-state index contributed by atoms with van der Waals surface area (Å²) in [5.41, 5.74) is 6.76. The smallest absolute Gasteiger partial charge is 0.144 e. The van der Waals surface area contributed by atoms with Gasteiger partial charge in [-0.15, -0.1) is 0 Å². The van der Waals surface area contributed by atoms with Crippen molar-refractivity contribution in [2.45, 2.75) is 11.3 Å². The summed E-state index contributed by atoms with van der Waals surface area (Å²) in [5.74, 6) is 0.430. The predicted molar refractivity (Wildman–Crippen MR) is 74.1 cm³/mol. The molecule has 0 aliphatic carbocycles. The van der Waals surface area contributed by atoms with Crippen LogP contribution in [-0.2, 0) is 9.22 Å². The van der Waals surface area contributed by atoms with E-state index in [1.54, 1.807) is 0 Å². The van der Waals surface area contributed by atoms with E-state index in [0.29, 0.717) is 5.84 Å². The molecule has 1 unspecified atom stereocenters. The van der Waals surface area contributed by atoms with Gasteiger partial charge in [0, 0.05) is 29.6 Å². The maximum atomic E-state index is 8.69. The second-order valence-electron chi connectivity index (χ2n) is 4.27. The molecule has 0 amide bonds. The maximum absolute atomic E-state index is 8.69. The zero-order valence-electron chi connectivity index (χ0n) is 10.7. The molecule has 7 heteroatoms. The topological polar surface area (TPSA) is 80.3 Å². The molecule has 3 N–H and O–H groups in total. The minimum absolute atomic E-state index is 0.121. The van der Waals surface area contributed by atoms with E-state index in [4.69, 9.17) is 15.3 Å². The number of hydrogen-bond acceptors (Lipinski definition) is 6. The average molecular weight is 283 g/mol. The summed E-state index contributed by atoms with van der Waals surface area (Å²) in [5, 5.41) is 11.8. The van der Waals surface area contributed by atoms with Crippen LogP contribution >= 0.6 is 12.0 Å². The Hall–Kier alpha value is -1.44. The number of anilines is 1. The molecule has 1 fully saturated rings. The second-order valence-corrected chi connectivity index (χ2v) is 5.04. The van der Waals surface area contributed by atoms with Crippen LogP contribution in [0.4, 0.5) is 5.69 Å². The van der Waals surface area contributed by atoms with Crippen molar-refractivity contribution in [1.82, 2.24) is 0 Å². The van der Waals surface area contributed by atoms with Crippen LogP contribution in [0, 0.1) is 5.92 Å². The van der Waals surface area contributed by atoms with Gasteiger partial charge in [0.05, 0.1) is 19.2 Å². The first-order valence-electron chi connectivity index (χ1n) is 5.94. The molecule has 1 saturated heterocycles. The first-order chi connectivity index (χ1) is 9.24. The third-order valence-corrected chi connectivity index (χ3v) is 3.79. The highest BCUT2D eigenvalue weighted by molar-refractivity contribution is 7.94.